The van der Waals surface area contributed by atoms with E-state index in [4.69, 9.17) is 22.2 Å². The highest BCUT2D eigenvalue weighted by molar-refractivity contribution is 5.98. The van der Waals surface area contributed by atoms with E-state index in [1.807, 2.05) is 24.0 Å². The predicted molar refractivity (Wildman–Crippen MR) is 174 cm³/mol. The number of guanidine groups is 1. The minimum atomic E-state index is -0.502. The lowest BCUT2D eigenvalue weighted by molar-refractivity contribution is -0.118. The summed E-state index contributed by atoms with van der Waals surface area (Å²) in [6.45, 7) is 8.91. The van der Waals surface area contributed by atoms with Gasteiger partial charge < -0.3 is 31.6 Å². The number of imidazole rings is 1. The van der Waals surface area contributed by atoms with E-state index < -0.39 is 5.91 Å². The van der Waals surface area contributed by atoms with Gasteiger partial charge in [-0.05, 0) is 68.3 Å². The second kappa shape index (κ2) is 14.2. The molecule has 0 bridgehead atoms. The van der Waals surface area contributed by atoms with Crippen molar-refractivity contribution >= 4 is 34.5 Å². The SMILES string of the molecule is CCCN=C(N)N.Cc1cccc(N2CCN(C(=O)c3ccc4c(c3)nc(-c3cccc(C#N)c3)n4CC(N)=O)CC2C)c1. The van der Waals surface area contributed by atoms with Crippen LogP contribution in [0.2, 0.25) is 0 Å². The van der Waals surface area contributed by atoms with Gasteiger partial charge in [0.05, 0.1) is 22.7 Å². The summed E-state index contributed by atoms with van der Waals surface area (Å²) in [5.74, 6) is 0.158. The van der Waals surface area contributed by atoms with E-state index in [1.54, 1.807) is 34.9 Å². The Morgan fingerprint density at radius 2 is 1.82 bits per heavy atom. The molecule has 2 heterocycles. The summed E-state index contributed by atoms with van der Waals surface area (Å²) in [6, 6.07) is 23.1. The summed E-state index contributed by atoms with van der Waals surface area (Å²) in [4.78, 5) is 38.0. The number of carbonyl (C=O) groups excluding carboxylic acids is 2. The molecule has 6 N–H and O–H groups in total. The van der Waals surface area contributed by atoms with E-state index >= 15 is 0 Å². The number of piperazine rings is 1. The lowest BCUT2D eigenvalue weighted by Crippen LogP contribution is -2.53. The minimum absolute atomic E-state index is 0.0462. The number of rotatable bonds is 7. The molecule has 0 saturated carbocycles. The van der Waals surface area contributed by atoms with E-state index in [0.717, 1.165) is 19.5 Å². The van der Waals surface area contributed by atoms with Crippen molar-refractivity contribution in [3.8, 4) is 17.5 Å². The first-order valence-corrected chi connectivity index (χ1v) is 14.6. The zero-order valence-corrected chi connectivity index (χ0v) is 25.4. The molecule has 11 heteroatoms. The van der Waals surface area contributed by atoms with Crippen molar-refractivity contribution in [1.29, 1.82) is 5.26 Å². The van der Waals surface area contributed by atoms with Gasteiger partial charge in [-0.25, -0.2) is 4.98 Å². The Balaban J connectivity index is 0.000000566. The van der Waals surface area contributed by atoms with Gasteiger partial charge >= 0.3 is 0 Å². The van der Waals surface area contributed by atoms with Crippen molar-refractivity contribution < 1.29 is 9.59 Å². The third-order valence-corrected chi connectivity index (χ3v) is 7.32. The van der Waals surface area contributed by atoms with Crippen LogP contribution in [0.15, 0.2) is 71.7 Å². The van der Waals surface area contributed by atoms with E-state index in [-0.39, 0.29) is 24.5 Å². The van der Waals surface area contributed by atoms with Crippen LogP contribution < -0.4 is 22.1 Å². The summed E-state index contributed by atoms with van der Waals surface area (Å²) < 4.78 is 1.73. The van der Waals surface area contributed by atoms with Crippen molar-refractivity contribution in [3.05, 3.63) is 83.4 Å². The Bertz CT molecular complexity index is 1720. The monoisotopic (exact) mass is 593 g/mol. The zero-order valence-electron chi connectivity index (χ0n) is 25.4. The van der Waals surface area contributed by atoms with Gasteiger partial charge in [0, 0.05) is 49.0 Å². The maximum atomic E-state index is 13.5. The molecule has 1 aromatic heterocycles. The number of nitriles is 1. The molecule has 0 radical (unpaired) electrons. The van der Waals surface area contributed by atoms with E-state index in [1.165, 1.54) is 11.3 Å². The highest BCUT2D eigenvalue weighted by Gasteiger charge is 2.28. The Hall–Kier alpha value is -5.37. The van der Waals surface area contributed by atoms with Crippen molar-refractivity contribution in [3.63, 3.8) is 0 Å². The average molecular weight is 594 g/mol. The van der Waals surface area contributed by atoms with Crippen LogP contribution in [0.4, 0.5) is 5.69 Å². The Morgan fingerprint density at radius 3 is 2.45 bits per heavy atom. The molecule has 3 aromatic carbocycles. The Labute approximate surface area is 257 Å². The largest absolute Gasteiger partial charge is 0.370 e. The van der Waals surface area contributed by atoms with Gasteiger partial charge in [0.1, 0.15) is 12.4 Å². The molecule has 0 aliphatic carbocycles. The fourth-order valence-corrected chi connectivity index (χ4v) is 5.28. The van der Waals surface area contributed by atoms with Crippen LogP contribution in [0.1, 0.15) is 41.8 Å². The smallest absolute Gasteiger partial charge is 0.254 e. The number of aromatic nitrogens is 2. The fourth-order valence-electron chi connectivity index (χ4n) is 5.28. The van der Waals surface area contributed by atoms with Crippen LogP contribution >= 0.6 is 0 Å². The number of nitrogens with zero attached hydrogens (tertiary/aromatic N) is 6. The van der Waals surface area contributed by atoms with Crippen LogP contribution in [-0.2, 0) is 11.3 Å². The Morgan fingerprint density at radius 1 is 1.05 bits per heavy atom. The molecule has 1 atom stereocenters. The number of aliphatic imine (C=N–C) groups is 1. The highest BCUT2D eigenvalue weighted by Crippen LogP contribution is 2.28. The van der Waals surface area contributed by atoms with Gasteiger partial charge in [-0.2, -0.15) is 5.26 Å². The maximum absolute atomic E-state index is 13.5. The summed E-state index contributed by atoms with van der Waals surface area (Å²) in [7, 11) is 0. The highest BCUT2D eigenvalue weighted by atomic mass is 16.2. The normalized spacial score (nSPS) is 14.4. The first-order valence-electron chi connectivity index (χ1n) is 14.6. The van der Waals surface area contributed by atoms with Crippen molar-refractivity contribution in [1.82, 2.24) is 14.5 Å². The van der Waals surface area contributed by atoms with E-state index in [2.05, 4.69) is 54.1 Å². The number of hydrogen-bond acceptors (Lipinski definition) is 6. The molecule has 5 rings (SSSR count). The minimum Gasteiger partial charge on any atom is -0.370 e. The topological polar surface area (TPSA) is 173 Å². The summed E-state index contributed by atoms with van der Waals surface area (Å²) >= 11 is 0. The van der Waals surface area contributed by atoms with E-state index in [0.29, 0.717) is 46.6 Å². The first kappa shape index (κ1) is 31.6. The van der Waals surface area contributed by atoms with Gasteiger partial charge in [0.15, 0.2) is 5.96 Å². The van der Waals surface area contributed by atoms with Crippen LogP contribution in [-0.4, -0.2) is 64.4 Å². The standard InChI is InChI=1S/C29H28N6O2.C4H11N3/c1-19-5-3-8-24(13-19)34-12-11-33(17-20(34)2)29(37)23-9-10-26-25(15-23)32-28(35(26)18-27(31)36)22-7-4-6-21(14-22)16-30;1-2-3-7-4(5)6/h3-10,13-15,20H,11-12,17-18H2,1-2H3,(H2,31,36);2-3H2,1H3,(H4,5,6,7). The molecule has 228 valence electrons. The number of anilines is 1. The third kappa shape index (κ3) is 7.52. The number of fused-ring (bicyclic) bond motifs is 1. The van der Waals surface area contributed by atoms with Gasteiger partial charge in [0.2, 0.25) is 5.91 Å². The lowest BCUT2D eigenvalue weighted by Gasteiger charge is -2.41. The third-order valence-electron chi connectivity index (χ3n) is 7.32. The quantitative estimate of drug-likeness (QED) is 0.218. The van der Waals surface area contributed by atoms with Gasteiger partial charge in [-0.15, -0.1) is 0 Å². The summed E-state index contributed by atoms with van der Waals surface area (Å²) in [5.41, 5.74) is 21.0. The lowest BCUT2D eigenvalue weighted by atomic mass is 10.1. The molecule has 44 heavy (non-hydrogen) atoms. The summed E-state index contributed by atoms with van der Waals surface area (Å²) in [6.07, 6.45) is 0.998. The molecular weight excluding hydrogens is 554 g/mol. The molecule has 1 saturated heterocycles. The van der Waals surface area contributed by atoms with Gasteiger partial charge in [0.25, 0.3) is 5.91 Å². The molecule has 2 amide bonds. The number of hydrogen-bond donors (Lipinski definition) is 3. The number of aryl methyl sites for hydroxylation is 1. The van der Waals surface area contributed by atoms with Gasteiger partial charge in [-0.1, -0.05) is 31.2 Å². The molecule has 1 fully saturated rings. The zero-order chi connectivity index (χ0) is 31.8. The van der Waals surface area contributed by atoms with Gasteiger partial charge in [-0.3, -0.25) is 14.6 Å². The molecule has 11 nitrogen and oxygen atoms in total. The number of benzene rings is 3. The second-order valence-electron chi connectivity index (χ2n) is 10.8. The molecule has 1 unspecified atom stereocenters. The van der Waals surface area contributed by atoms with Crippen LogP contribution in [0.3, 0.4) is 0 Å². The van der Waals surface area contributed by atoms with Crippen molar-refractivity contribution in [2.45, 2.75) is 39.8 Å². The molecule has 1 aliphatic heterocycles. The molecule has 0 spiro atoms. The predicted octanol–water partition coefficient (Wildman–Crippen LogP) is 3.39. The fraction of sp³-hybridized carbons (Fsp3) is 0.303. The average Bonchev–Trinajstić information content (AvgIpc) is 3.36. The van der Waals surface area contributed by atoms with Crippen LogP contribution in [0.25, 0.3) is 22.4 Å². The number of carbonyl (C=O) groups is 2. The van der Waals surface area contributed by atoms with E-state index in [9.17, 15) is 14.9 Å². The van der Waals surface area contributed by atoms with Crippen molar-refractivity contribution in [2.24, 2.45) is 22.2 Å². The van der Waals surface area contributed by atoms with Crippen LogP contribution in [0.5, 0.6) is 0 Å². The number of nitrogens with two attached hydrogens (primary N) is 3. The molecular formula is C33H39N9O2. The first-order chi connectivity index (χ1) is 21.1. The van der Waals surface area contributed by atoms with Crippen LogP contribution in [0, 0.1) is 18.3 Å². The maximum Gasteiger partial charge on any atom is 0.254 e. The molecule has 1 aliphatic rings. The Kier molecular flexibility index (Phi) is 10.2. The molecule has 4 aromatic rings. The summed E-state index contributed by atoms with van der Waals surface area (Å²) in [5, 5.41) is 9.30. The second-order valence-corrected chi connectivity index (χ2v) is 10.8. The number of amides is 2. The van der Waals surface area contributed by atoms with Crippen molar-refractivity contribution in [2.75, 3.05) is 31.1 Å². The number of primary amides is 1.